The lowest BCUT2D eigenvalue weighted by atomic mass is 9.95. The van der Waals surface area contributed by atoms with E-state index in [1.165, 1.54) is 0 Å². The quantitative estimate of drug-likeness (QED) is 0.171. The second kappa shape index (κ2) is 18.6. The molecule has 21 nitrogen and oxygen atoms in total. The first-order valence-electron chi connectivity index (χ1n) is 15.0. The number of carbonyl (C=O) groups is 9. The van der Waals surface area contributed by atoms with E-state index in [1.54, 1.807) is 0 Å². The molecule has 0 unspecified atom stereocenters. The second-order valence-corrected chi connectivity index (χ2v) is 10.9. The zero-order valence-electron chi connectivity index (χ0n) is 28.4. The molecular weight excluding hydrogens is 680 g/mol. The van der Waals surface area contributed by atoms with Crippen molar-refractivity contribution in [3.63, 3.8) is 0 Å². The molecule has 0 saturated carbocycles. The van der Waals surface area contributed by atoms with Gasteiger partial charge in [0.1, 0.15) is 37.5 Å². The lowest BCUT2D eigenvalue weighted by Gasteiger charge is -2.46. The topological polar surface area (TPSA) is 270 Å². The molecule has 0 spiro atoms. The summed E-state index contributed by atoms with van der Waals surface area (Å²) < 4.78 is 53.4. The van der Waals surface area contributed by atoms with E-state index in [0.29, 0.717) is 0 Å². The summed E-state index contributed by atoms with van der Waals surface area (Å²) in [5.41, 5.74) is 0. The van der Waals surface area contributed by atoms with E-state index in [0.717, 1.165) is 55.4 Å². The summed E-state index contributed by atoms with van der Waals surface area (Å²) in [5, 5.41) is 4.76. The Morgan fingerprint density at radius 1 is 0.420 bits per heavy atom. The summed E-state index contributed by atoms with van der Waals surface area (Å²) in [6.45, 7) is 7.03. The molecule has 50 heavy (non-hydrogen) atoms. The molecule has 2 aliphatic heterocycles. The van der Waals surface area contributed by atoms with Crippen LogP contribution in [0.3, 0.4) is 0 Å². The van der Waals surface area contributed by atoms with Crippen molar-refractivity contribution in [2.24, 2.45) is 0 Å². The molecule has 2 amide bonds. The highest BCUT2D eigenvalue weighted by atomic mass is 16.7. The second-order valence-electron chi connectivity index (χ2n) is 10.9. The number of nitrogens with one attached hydrogen (secondary N) is 2. The predicted octanol–water partition coefficient (Wildman–Crippen LogP) is -1.55. The van der Waals surface area contributed by atoms with Gasteiger partial charge < -0.3 is 58.0 Å². The number of amides is 2. The lowest BCUT2D eigenvalue weighted by Crippen LogP contribution is -2.70. The van der Waals surface area contributed by atoms with E-state index in [9.17, 15) is 43.2 Å². The Hall–Kier alpha value is -5.05. The van der Waals surface area contributed by atoms with Gasteiger partial charge in [-0.15, -0.1) is 0 Å². The zero-order chi connectivity index (χ0) is 37.9. The van der Waals surface area contributed by atoms with Crippen LogP contribution in [0.5, 0.6) is 0 Å². The molecule has 2 saturated heterocycles. The van der Waals surface area contributed by atoms with E-state index in [4.69, 9.17) is 47.4 Å². The van der Waals surface area contributed by atoms with Gasteiger partial charge in [-0.3, -0.25) is 38.4 Å². The molecule has 2 rings (SSSR count). The monoisotopic (exact) mass is 720 g/mol. The molecule has 2 heterocycles. The highest BCUT2D eigenvalue weighted by Gasteiger charge is 2.55. The first-order chi connectivity index (χ1) is 23.3. The molecule has 0 aromatic carbocycles. The largest absolute Gasteiger partial charge is 0.463 e. The van der Waals surface area contributed by atoms with Gasteiger partial charge in [-0.05, 0) is 0 Å². The summed E-state index contributed by atoms with van der Waals surface area (Å²) in [5.74, 6) is -7.07. The molecule has 2 aliphatic rings. The van der Waals surface area contributed by atoms with Crippen LogP contribution in [0.2, 0.25) is 0 Å². The predicted molar refractivity (Wildman–Crippen MR) is 156 cm³/mol. The van der Waals surface area contributed by atoms with Crippen molar-refractivity contribution in [1.82, 2.24) is 10.6 Å². The van der Waals surface area contributed by atoms with Crippen molar-refractivity contribution < 1.29 is 90.5 Å². The summed E-state index contributed by atoms with van der Waals surface area (Å²) in [6, 6.07) is -4.55. The standard InChI is InChI=1S/C29H40N2O19/c1-11(32)41-9-19-23(43-13(3)34)25(45-15(5)36)21(27(49-19)47-17(7)38)30-29(40)31-22-26(46-16(6)37)24(44-14(4)35)20(10-42-12(2)33)50-28(22)48-18(8)39/h19-28H,9-10H2,1-8H3,(H2,30,31,40)/t19-,20-,21-,22-,23+,24+,25-,26-,27-,28-/m1/s1. The number of esters is 8. The van der Waals surface area contributed by atoms with Gasteiger partial charge in [0.15, 0.2) is 24.4 Å². The Morgan fingerprint density at radius 3 is 0.960 bits per heavy atom. The maximum absolute atomic E-state index is 13.7. The van der Waals surface area contributed by atoms with E-state index in [-0.39, 0.29) is 0 Å². The van der Waals surface area contributed by atoms with Crippen LogP contribution in [0.15, 0.2) is 0 Å². The van der Waals surface area contributed by atoms with Gasteiger partial charge in [0.05, 0.1) is 0 Å². The first-order valence-corrected chi connectivity index (χ1v) is 15.0. The van der Waals surface area contributed by atoms with Gasteiger partial charge in [-0.2, -0.15) is 0 Å². The maximum Gasteiger partial charge on any atom is 0.315 e. The minimum Gasteiger partial charge on any atom is -0.463 e. The number of hydrogen-bond acceptors (Lipinski definition) is 19. The molecule has 2 fully saturated rings. The van der Waals surface area contributed by atoms with Gasteiger partial charge >= 0.3 is 53.8 Å². The molecular formula is C29H40N2O19. The Morgan fingerprint density at radius 2 is 0.700 bits per heavy atom. The third-order valence-corrected chi connectivity index (χ3v) is 6.56. The van der Waals surface area contributed by atoms with Crippen LogP contribution in [-0.2, 0) is 85.7 Å². The molecule has 280 valence electrons. The van der Waals surface area contributed by atoms with Crippen molar-refractivity contribution >= 4 is 53.8 Å². The molecule has 0 radical (unpaired) electrons. The van der Waals surface area contributed by atoms with Crippen molar-refractivity contribution in [2.75, 3.05) is 13.2 Å². The molecule has 2 N–H and O–H groups in total. The molecule has 0 bridgehead atoms. The van der Waals surface area contributed by atoms with Crippen molar-refractivity contribution in [3.8, 4) is 0 Å². The minimum atomic E-state index is -1.77. The third kappa shape index (κ3) is 12.8. The number of urea groups is 1. The minimum absolute atomic E-state index is 0.568. The number of ether oxygens (including phenoxy) is 10. The fourth-order valence-corrected chi connectivity index (χ4v) is 4.98. The van der Waals surface area contributed by atoms with Crippen LogP contribution < -0.4 is 10.6 Å². The number of hydrogen-bond donors (Lipinski definition) is 2. The SMILES string of the molecule is CC(=O)OC[C@H]1O[C@@H](OC(C)=O)[C@H](NC(=O)N[C@H]2[C@H](OC(C)=O)O[C@H](COC(C)=O)[C@H](OC(C)=O)[C@@H]2OC(C)=O)[C@@H](OC(C)=O)[C@H]1OC(C)=O. The van der Waals surface area contributed by atoms with Gasteiger partial charge in [0.2, 0.25) is 12.6 Å². The van der Waals surface area contributed by atoms with Crippen LogP contribution in [0.1, 0.15) is 55.4 Å². The third-order valence-electron chi connectivity index (χ3n) is 6.56. The van der Waals surface area contributed by atoms with Gasteiger partial charge in [-0.1, -0.05) is 0 Å². The van der Waals surface area contributed by atoms with Crippen LogP contribution in [0.25, 0.3) is 0 Å². The Kier molecular flexibility index (Phi) is 15.3. The summed E-state index contributed by atoms with van der Waals surface area (Å²) in [4.78, 5) is 110. The van der Waals surface area contributed by atoms with Crippen molar-refractivity contribution in [2.45, 2.75) is 117 Å². The summed E-state index contributed by atoms with van der Waals surface area (Å²) in [6.07, 6.45) is -12.7. The normalized spacial score (nSPS) is 28.7. The van der Waals surface area contributed by atoms with Crippen LogP contribution >= 0.6 is 0 Å². The van der Waals surface area contributed by atoms with E-state index in [2.05, 4.69) is 10.6 Å². The molecule has 0 aliphatic carbocycles. The van der Waals surface area contributed by atoms with E-state index in [1.807, 2.05) is 0 Å². The van der Waals surface area contributed by atoms with Crippen LogP contribution in [0.4, 0.5) is 4.79 Å². The van der Waals surface area contributed by atoms with Crippen LogP contribution in [0, 0.1) is 0 Å². The van der Waals surface area contributed by atoms with Crippen molar-refractivity contribution in [1.29, 1.82) is 0 Å². The number of rotatable bonds is 12. The molecule has 10 atom stereocenters. The molecule has 21 heteroatoms. The van der Waals surface area contributed by atoms with Gasteiger partial charge in [0.25, 0.3) is 0 Å². The first kappa shape index (κ1) is 41.1. The summed E-state index contributed by atoms with van der Waals surface area (Å²) >= 11 is 0. The molecule has 0 aromatic heterocycles. The average molecular weight is 721 g/mol. The molecule has 0 aromatic rings. The Labute approximate surface area is 285 Å². The maximum atomic E-state index is 13.7. The highest BCUT2D eigenvalue weighted by Crippen LogP contribution is 2.30. The Balaban J connectivity index is 2.58. The smallest absolute Gasteiger partial charge is 0.315 e. The fraction of sp³-hybridized carbons (Fsp3) is 0.690. The zero-order valence-corrected chi connectivity index (χ0v) is 28.4. The number of carbonyl (C=O) groups excluding carboxylic acids is 9. The fourth-order valence-electron chi connectivity index (χ4n) is 4.98. The Bertz CT molecular complexity index is 1220. The van der Waals surface area contributed by atoms with Crippen LogP contribution in [-0.4, -0.2) is 128 Å². The van der Waals surface area contributed by atoms with E-state index < -0.39 is 128 Å². The van der Waals surface area contributed by atoms with Gasteiger partial charge in [-0.25, -0.2) is 4.79 Å². The highest BCUT2D eigenvalue weighted by molar-refractivity contribution is 5.76. The van der Waals surface area contributed by atoms with Crippen molar-refractivity contribution in [3.05, 3.63) is 0 Å². The lowest BCUT2D eigenvalue weighted by molar-refractivity contribution is -0.272. The average Bonchev–Trinajstić information content (AvgIpc) is 2.95. The van der Waals surface area contributed by atoms with E-state index >= 15 is 0 Å². The van der Waals surface area contributed by atoms with Gasteiger partial charge in [0, 0.05) is 55.4 Å². The summed E-state index contributed by atoms with van der Waals surface area (Å²) in [7, 11) is 0.